The maximum absolute atomic E-state index is 8.60. The predicted molar refractivity (Wildman–Crippen MR) is 11.5 cm³/mol. The van der Waals surface area contributed by atoms with Gasteiger partial charge in [0, 0.05) is 0 Å². The fraction of sp³-hybridized carbons (Fsp3) is 0. The van der Waals surface area contributed by atoms with Crippen molar-refractivity contribution in [1.29, 1.82) is 0 Å². The molecule has 0 aromatic rings. The molecule has 0 spiro atoms. The van der Waals surface area contributed by atoms with Crippen LogP contribution in [0.3, 0.4) is 0 Å². The molecule has 0 unspecified atom stereocenters. The Hall–Kier alpha value is 1.23. The molecule has 0 amide bonds. The summed E-state index contributed by atoms with van der Waals surface area (Å²) in [5, 5.41) is 0. The van der Waals surface area contributed by atoms with Crippen molar-refractivity contribution in [3.05, 3.63) is 0 Å². The summed E-state index contributed by atoms with van der Waals surface area (Å²) in [7, 11) is 0. The molecule has 0 saturated carbocycles. The molecule has 0 aliphatic heterocycles. The molecule has 0 bridgehead atoms. The molecule has 5 heteroatoms. The molecule has 0 fully saturated rings. The summed E-state index contributed by atoms with van der Waals surface area (Å²) in [5.41, 5.74) is 0. The van der Waals surface area contributed by atoms with Gasteiger partial charge in [0.25, 0.3) is 0 Å². The Kier molecular flexibility index (Phi) is 9.96. The molecule has 0 aliphatic carbocycles. The van der Waals surface area contributed by atoms with Gasteiger partial charge in [-0.25, -0.2) is 0 Å². The van der Waals surface area contributed by atoms with Crippen molar-refractivity contribution >= 4 is 38.8 Å². The monoisotopic (exact) mass is 196 g/mol. The zero-order valence-electron chi connectivity index (χ0n) is 2.25. The van der Waals surface area contributed by atoms with Crippen molar-refractivity contribution in [1.82, 2.24) is 0 Å². The quantitative estimate of drug-likeness (QED) is 0.368. The van der Waals surface area contributed by atoms with Crippen molar-refractivity contribution in [2.75, 3.05) is 0 Å². The summed E-state index contributed by atoms with van der Waals surface area (Å²) in [5.74, 6) is 0. The molecule has 0 saturated heterocycles. The Bertz CT molecular complexity index is 11.6. The van der Waals surface area contributed by atoms with Crippen LogP contribution in [0.5, 0.6) is 0 Å². The average Bonchev–Trinajstić information content (AvgIpc) is 0.811. The minimum atomic E-state index is -4.20. The summed E-state index contributed by atoms with van der Waals surface area (Å²) in [4.78, 5) is 0. The van der Waals surface area contributed by atoms with E-state index in [1.807, 2.05) is 0 Å². The van der Waals surface area contributed by atoms with E-state index in [-0.39, 0.29) is 17.4 Å². The van der Waals surface area contributed by atoms with Gasteiger partial charge in [-0.3, -0.25) is 0 Å². The summed E-state index contributed by atoms with van der Waals surface area (Å²) in [6, 6.07) is 0. The van der Waals surface area contributed by atoms with Crippen molar-refractivity contribution in [3.63, 3.8) is 0 Å². The van der Waals surface area contributed by atoms with E-state index in [1.54, 1.807) is 0 Å². The van der Waals surface area contributed by atoms with Crippen molar-refractivity contribution in [2.24, 2.45) is 0 Å². The standard InChI is InChI=1S/Al.3O.Sb/q+3;3*-1;. The first kappa shape index (κ1) is 9.52. The van der Waals surface area contributed by atoms with Crippen LogP contribution in [0.1, 0.15) is 0 Å². The van der Waals surface area contributed by atoms with Crippen LogP contribution in [0.4, 0.5) is 0 Å². The first-order chi connectivity index (χ1) is 1.73. The Balaban J connectivity index is 0. The third-order valence-electron chi connectivity index (χ3n) is 0. The molecule has 0 atom stereocenters. The molecule has 0 radical (unpaired) electrons. The third-order valence-corrected chi connectivity index (χ3v) is 0. The molecule has 0 aliphatic rings. The zero-order valence-corrected chi connectivity index (χ0v) is 5.96. The van der Waals surface area contributed by atoms with Crippen LogP contribution >= 0.6 is 0 Å². The van der Waals surface area contributed by atoms with E-state index in [0.717, 1.165) is 0 Å². The zero-order chi connectivity index (χ0) is 3.58. The van der Waals surface area contributed by atoms with Crippen molar-refractivity contribution < 1.29 is 10.2 Å². The predicted octanol–water partition coefficient (Wildman–Crippen LogP) is -4.33. The van der Waals surface area contributed by atoms with Crippen LogP contribution in [0.15, 0.2) is 0 Å². The van der Waals surface area contributed by atoms with Gasteiger partial charge in [0.15, 0.2) is 0 Å². The third kappa shape index (κ3) is 36.0. The molecule has 3 nitrogen and oxygen atoms in total. The van der Waals surface area contributed by atoms with Crippen molar-refractivity contribution in [2.45, 2.75) is 0 Å². The van der Waals surface area contributed by atoms with Crippen LogP contribution in [0.25, 0.3) is 0 Å². The van der Waals surface area contributed by atoms with Crippen LogP contribution in [0, 0.1) is 0 Å². The second-order valence-electron chi connectivity index (χ2n) is 0.224. The normalized spacial score (nSPS) is 7.20. The Morgan fingerprint density at radius 3 is 1.00 bits per heavy atom. The van der Waals surface area contributed by atoms with Gasteiger partial charge in [-0.1, -0.05) is 0 Å². The van der Waals surface area contributed by atoms with Crippen molar-refractivity contribution in [3.8, 4) is 0 Å². The first-order valence-corrected chi connectivity index (χ1v) is 3.67. The average molecular weight is 197 g/mol. The van der Waals surface area contributed by atoms with Crippen LogP contribution < -0.4 is 10.2 Å². The second-order valence-corrected chi connectivity index (χ2v) is 1.50. The van der Waals surface area contributed by atoms with Gasteiger partial charge >= 0.3 is 49.0 Å². The molecule has 0 heterocycles. The second kappa shape index (κ2) is 5.23. The van der Waals surface area contributed by atoms with Crippen LogP contribution in [-0.2, 0) is 0 Å². The van der Waals surface area contributed by atoms with Gasteiger partial charge in [-0.15, -0.1) is 0 Å². The molecular weight excluding hydrogens is 197 g/mol. The molecule has 5 heavy (non-hydrogen) atoms. The molecule has 0 N–H and O–H groups in total. The summed E-state index contributed by atoms with van der Waals surface area (Å²) in [6.07, 6.45) is 0. The van der Waals surface area contributed by atoms with Crippen LogP contribution in [0.2, 0.25) is 0 Å². The molecular formula is AlO3Sb. The van der Waals surface area contributed by atoms with E-state index >= 15 is 0 Å². The SMILES string of the molecule is [Al+3].[O-][Sb]([O-])[O-]. The van der Waals surface area contributed by atoms with Gasteiger partial charge in [0.05, 0.1) is 0 Å². The van der Waals surface area contributed by atoms with Gasteiger partial charge in [0.1, 0.15) is 0 Å². The fourth-order valence-electron chi connectivity index (χ4n) is 0. The fourth-order valence-corrected chi connectivity index (χ4v) is 0. The Morgan fingerprint density at radius 1 is 1.00 bits per heavy atom. The van der Waals surface area contributed by atoms with Gasteiger partial charge in [0.2, 0.25) is 0 Å². The van der Waals surface area contributed by atoms with E-state index in [0.29, 0.717) is 0 Å². The number of hydrogen-bond acceptors (Lipinski definition) is 3. The van der Waals surface area contributed by atoms with Crippen LogP contribution in [-0.4, -0.2) is 38.8 Å². The Labute approximate surface area is 49.0 Å². The molecule has 0 aromatic heterocycles. The van der Waals surface area contributed by atoms with Gasteiger partial charge in [-0.05, 0) is 0 Å². The van der Waals surface area contributed by atoms with Gasteiger partial charge < -0.3 is 0 Å². The molecule has 0 aromatic carbocycles. The van der Waals surface area contributed by atoms with Gasteiger partial charge in [-0.2, -0.15) is 0 Å². The topological polar surface area (TPSA) is 69.2 Å². The number of hydrogen-bond donors (Lipinski definition) is 0. The summed E-state index contributed by atoms with van der Waals surface area (Å²) in [6.45, 7) is 0. The minimum absolute atomic E-state index is 0. The van der Waals surface area contributed by atoms with E-state index in [9.17, 15) is 0 Å². The van der Waals surface area contributed by atoms with E-state index < -0.39 is 21.5 Å². The van der Waals surface area contributed by atoms with E-state index in [2.05, 4.69) is 0 Å². The van der Waals surface area contributed by atoms with E-state index in [4.69, 9.17) is 10.2 Å². The first-order valence-electron chi connectivity index (χ1n) is 0.548. The summed E-state index contributed by atoms with van der Waals surface area (Å²) >= 11 is -4.20. The maximum atomic E-state index is 8.60. The number of rotatable bonds is 0. The Morgan fingerprint density at radius 2 is 1.00 bits per heavy atom. The summed E-state index contributed by atoms with van der Waals surface area (Å²) < 4.78 is 25.8. The molecule has 26 valence electrons. The molecule has 0 rings (SSSR count). The van der Waals surface area contributed by atoms with E-state index in [1.165, 1.54) is 0 Å².